The van der Waals surface area contributed by atoms with Crippen molar-refractivity contribution < 1.29 is 23.2 Å². The van der Waals surface area contributed by atoms with E-state index in [2.05, 4.69) is 20.9 Å². The van der Waals surface area contributed by atoms with Gasteiger partial charge in [-0.05, 0) is 45.1 Å². The Kier molecular flexibility index (Phi) is 7.64. The number of nitriles is 1. The van der Waals surface area contributed by atoms with Gasteiger partial charge in [0, 0.05) is 31.1 Å². The first kappa shape index (κ1) is 26.1. The summed E-state index contributed by atoms with van der Waals surface area (Å²) in [7, 11) is 0. The van der Waals surface area contributed by atoms with E-state index in [0.717, 1.165) is 6.42 Å². The molecule has 4 fully saturated rings. The quantitative estimate of drug-likeness (QED) is 0.505. The molecule has 2 bridgehead atoms. The van der Waals surface area contributed by atoms with Crippen LogP contribution in [0, 0.1) is 23.2 Å². The van der Waals surface area contributed by atoms with Crippen molar-refractivity contribution in [3.8, 4) is 6.07 Å². The molecule has 0 aromatic carbocycles. The number of aromatic nitrogens is 1. The lowest BCUT2D eigenvalue weighted by molar-refractivity contribution is -0.194. The highest BCUT2D eigenvalue weighted by Crippen LogP contribution is 2.49. The van der Waals surface area contributed by atoms with Crippen LogP contribution in [0.5, 0.6) is 0 Å². The Hall–Kier alpha value is -3.00. The fraction of sp³-hybridized carbons (Fsp3) is 0.625. The van der Waals surface area contributed by atoms with Crippen molar-refractivity contribution in [2.24, 2.45) is 11.8 Å². The van der Waals surface area contributed by atoms with Crippen molar-refractivity contribution in [1.82, 2.24) is 20.5 Å². The number of pyridine rings is 1. The molecule has 6 atom stereocenters. The summed E-state index contributed by atoms with van der Waals surface area (Å²) in [6, 6.07) is -0.547. The molecule has 3 saturated heterocycles. The summed E-state index contributed by atoms with van der Waals surface area (Å²) in [5, 5.41) is 18.3. The van der Waals surface area contributed by atoms with Crippen molar-refractivity contribution in [3.05, 3.63) is 23.5 Å². The summed E-state index contributed by atoms with van der Waals surface area (Å²) >= 11 is 5.96. The van der Waals surface area contributed by atoms with Gasteiger partial charge in [0.1, 0.15) is 18.1 Å². The van der Waals surface area contributed by atoms with Gasteiger partial charge >= 0.3 is 0 Å². The lowest BCUT2D eigenvalue weighted by Gasteiger charge is -2.54. The third-order valence-corrected chi connectivity index (χ3v) is 7.52. The molecule has 3 N–H and O–H groups in total. The number of hydrogen-bond acceptors (Lipinski definition) is 6. The number of amides is 3. The van der Waals surface area contributed by atoms with Crippen LogP contribution in [-0.4, -0.2) is 64.2 Å². The number of carbonyl (C=O) groups is 3. The largest absolute Gasteiger partial charge is 0.373 e. The number of carbonyl (C=O) groups excluding carboxylic acids is 3. The highest BCUT2D eigenvalue weighted by Gasteiger charge is 2.60. The second-order valence-electron chi connectivity index (χ2n) is 9.81. The molecule has 4 aliphatic rings. The van der Waals surface area contributed by atoms with Gasteiger partial charge in [0.15, 0.2) is 0 Å². The number of halogens is 3. The van der Waals surface area contributed by atoms with Crippen LogP contribution in [0.1, 0.15) is 45.4 Å². The van der Waals surface area contributed by atoms with Crippen LogP contribution in [0.25, 0.3) is 0 Å². The molecular formula is C24H29ClF2N6O3. The SMILES string of the molecule is C[C@H](Nc1cncc(Cl)c1)C(=O)N1[C@@H]2CC[C@H]([C@@H]1C(=O)N[C@@H](C#N)C[C@@H]1CCCNC1=O)C(F)(F)C2. The molecular weight excluding hydrogens is 494 g/mol. The molecule has 1 aromatic heterocycles. The zero-order valence-corrected chi connectivity index (χ0v) is 20.6. The molecule has 3 aliphatic heterocycles. The Morgan fingerprint density at radius 1 is 1.36 bits per heavy atom. The van der Waals surface area contributed by atoms with E-state index < -0.39 is 60.2 Å². The number of rotatable bonds is 7. The van der Waals surface area contributed by atoms with Crippen LogP contribution in [0.4, 0.5) is 14.5 Å². The second-order valence-corrected chi connectivity index (χ2v) is 10.2. The summed E-state index contributed by atoms with van der Waals surface area (Å²) in [6.45, 7) is 2.14. The number of anilines is 1. The molecule has 5 rings (SSSR count). The molecule has 36 heavy (non-hydrogen) atoms. The van der Waals surface area contributed by atoms with E-state index in [1.807, 2.05) is 6.07 Å². The van der Waals surface area contributed by atoms with Crippen molar-refractivity contribution in [1.29, 1.82) is 5.26 Å². The molecule has 0 spiro atoms. The minimum atomic E-state index is -3.11. The predicted octanol–water partition coefficient (Wildman–Crippen LogP) is 2.47. The highest BCUT2D eigenvalue weighted by molar-refractivity contribution is 6.30. The number of piperidine rings is 3. The van der Waals surface area contributed by atoms with E-state index in [4.69, 9.17) is 11.6 Å². The summed E-state index contributed by atoms with van der Waals surface area (Å²) in [4.78, 5) is 44.2. The van der Waals surface area contributed by atoms with E-state index in [9.17, 15) is 28.4 Å². The first-order chi connectivity index (χ1) is 17.1. The van der Waals surface area contributed by atoms with E-state index in [1.165, 1.54) is 17.3 Å². The van der Waals surface area contributed by atoms with Gasteiger partial charge in [0.25, 0.3) is 5.92 Å². The molecule has 0 radical (unpaired) electrons. The van der Waals surface area contributed by atoms with Crippen LogP contribution >= 0.6 is 11.6 Å². The average Bonchev–Trinajstić information content (AvgIpc) is 2.83. The molecule has 1 saturated carbocycles. The van der Waals surface area contributed by atoms with Gasteiger partial charge < -0.3 is 20.9 Å². The van der Waals surface area contributed by atoms with Gasteiger partial charge in [-0.25, -0.2) is 8.78 Å². The zero-order valence-electron chi connectivity index (χ0n) is 19.8. The van der Waals surface area contributed by atoms with Crippen LogP contribution in [0.2, 0.25) is 5.02 Å². The third kappa shape index (κ3) is 5.38. The van der Waals surface area contributed by atoms with Gasteiger partial charge in [-0.1, -0.05) is 11.6 Å². The molecule has 3 amide bonds. The van der Waals surface area contributed by atoms with Crippen LogP contribution in [0.3, 0.4) is 0 Å². The summed E-state index contributed by atoms with van der Waals surface area (Å²) in [6.07, 6.45) is 4.30. The predicted molar refractivity (Wildman–Crippen MR) is 127 cm³/mol. The fourth-order valence-electron chi connectivity index (χ4n) is 5.60. The average molecular weight is 523 g/mol. The van der Waals surface area contributed by atoms with Crippen molar-refractivity contribution in [2.75, 3.05) is 11.9 Å². The smallest absolute Gasteiger partial charge is 0.255 e. The Morgan fingerprint density at radius 3 is 2.81 bits per heavy atom. The number of fused-ring (bicyclic) bond motifs is 3. The normalized spacial score (nSPS) is 28.4. The zero-order chi connectivity index (χ0) is 26.0. The molecule has 4 heterocycles. The summed E-state index contributed by atoms with van der Waals surface area (Å²) in [5.74, 6) is -6.39. The second kappa shape index (κ2) is 10.5. The number of nitrogens with one attached hydrogen (secondary N) is 3. The minimum absolute atomic E-state index is 0.0823. The van der Waals surface area contributed by atoms with Crippen LogP contribution < -0.4 is 16.0 Å². The topological polar surface area (TPSA) is 127 Å². The Bertz CT molecular complexity index is 1070. The number of hydrogen-bond donors (Lipinski definition) is 3. The first-order valence-electron chi connectivity index (χ1n) is 12.2. The maximum atomic E-state index is 14.9. The van der Waals surface area contributed by atoms with Gasteiger partial charge in [-0.15, -0.1) is 0 Å². The van der Waals surface area contributed by atoms with Crippen molar-refractivity contribution in [3.63, 3.8) is 0 Å². The number of alkyl halides is 2. The van der Waals surface area contributed by atoms with E-state index in [1.54, 1.807) is 13.0 Å². The summed E-state index contributed by atoms with van der Waals surface area (Å²) < 4.78 is 29.8. The minimum Gasteiger partial charge on any atom is -0.373 e. The molecule has 9 nitrogen and oxygen atoms in total. The summed E-state index contributed by atoms with van der Waals surface area (Å²) in [5.41, 5.74) is 0.479. The first-order valence-corrected chi connectivity index (χ1v) is 12.5. The third-order valence-electron chi connectivity index (χ3n) is 7.31. The van der Waals surface area contributed by atoms with Gasteiger partial charge in [0.05, 0.1) is 28.9 Å². The van der Waals surface area contributed by atoms with E-state index in [-0.39, 0.29) is 18.7 Å². The molecule has 194 valence electrons. The lowest BCUT2D eigenvalue weighted by Crippen LogP contribution is -2.70. The van der Waals surface area contributed by atoms with Gasteiger partial charge in [-0.2, -0.15) is 5.26 Å². The molecule has 1 aromatic rings. The van der Waals surface area contributed by atoms with Crippen molar-refractivity contribution in [2.45, 2.75) is 75.5 Å². The molecule has 12 heteroatoms. The molecule has 0 unspecified atom stereocenters. The van der Waals surface area contributed by atoms with Crippen LogP contribution in [-0.2, 0) is 14.4 Å². The number of nitrogens with zero attached hydrogens (tertiary/aromatic N) is 3. The Balaban J connectivity index is 1.52. The standard InChI is InChI=1S/C24H29ClF2N6O3/c1-13(31-17-8-15(25)11-29-12-17)23(36)33-18-4-5-19(24(26,27)9-18)20(33)22(35)32-16(10-28)7-14-3-2-6-30-21(14)34/h8,11-14,16,18-20,31H,2-7,9H2,1H3,(H,30,34)(H,32,35)/t13-,14-,16+,18+,19+,20+/m0/s1. The maximum absolute atomic E-state index is 14.9. The van der Waals surface area contributed by atoms with Gasteiger partial charge in [0.2, 0.25) is 17.7 Å². The monoisotopic (exact) mass is 522 g/mol. The lowest BCUT2D eigenvalue weighted by atomic mass is 9.71. The molecule has 1 aliphatic carbocycles. The van der Waals surface area contributed by atoms with Crippen molar-refractivity contribution >= 4 is 35.0 Å². The highest BCUT2D eigenvalue weighted by atomic mass is 35.5. The maximum Gasteiger partial charge on any atom is 0.255 e. The van der Waals surface area contributed by atoms with Crippen LogP contribution in [0.15, 0.2) is 18.5 Å². The van der Waals surface area contributed by atoms with E-state index in [0.29, 0.717) is 30.1 Å². The Morgan fingerprint density at radius 2 is 2.14 bits per heavy atom. The van der Waals surface area contributed by atoms with Gasteiger partial charge in [-0.3, -0.25) is 19.4 Å². The van der Waals surface area contributed by atoms with E-state index >= 15 is 0 Å². The fourth-order valence-corrected chi connectivity index (χ4v) is 5.77. The Labute approximate surface area is 212 Å².